The van der Waals surface area contributed by atoms with E-state index in [0.717, 1.165) is 0 Å². The maximum Gasteiger partial charge on any atom is 0.513 e. The van der Waals surface area contributed by atoms with Crippen molar-refractivity contribution in [2.45, 2.75) is 63.8 Å². The molecule has 0 spiro atoms. The Bertz CT molecular complexity index is 773. The topological polar surface area (TPSA) is 129 Å². The van der Waals surface area contributed by atoms with E-state index in [4.69, 9.17) is 14.2 Å². The summed E-state index contributed by atoms with van der Waals surface area (Å²) in [6, 6.07) is 6.08. The Morgan fingerprint density at radius 1 is 0.781 bits per heavy atom. The minimum atomic E-state index is -1.33. The lowest BCUT2D eigenvalue weighted by molar-refractivity contribution is -0.160. The summed E-state index contributed by atoms with van der Waals surface area (Å²) in [6.07, 6.45) is 2.40. The normalized spacial score (nSPS) is 25.6. The minimum Gasteiger partial charge on any atom is -0.462 e. The van der Waals surface area contributed by atoms with Gasteiger partial charge in [0.05, 0.1) is 18.9 Å². The lowest BCUT2D eigenvalue weighted by atomic mass is 9.81. The van der Waals surface area contributed by atoms with Gasteiger partial charge in [-0.05, 0) is 75.6 Å². The second-order valence-electron chi connectivity index (χ2n) is 8.38. The third-order valence-electron chi connectivity index (χ3n) is 6.23. The average Bonchev–Trinajstić information content (AvgIpc) is 2.80. The van der Waals surface area contributed by atoms with Crippen molar-refractivity contribution in [3.05, 3.63) is 24.3 Å². The molecular weight excluding hydrogens is 420 g/mol. The van der Waals surface area contributed by atoms with Gasteiger partial charge in [0.15, 0.2) is 6.29 Å². The van der Waals surface area contributed by atoms with Crippen molar-refractivity contribution in [2.75, 3.05) is 7.11 Å². The van der Waals surface area contributed by atoms with Crippen molar-refractivity contribution in [2.24, 2.45) is 17.8 Å². The van der Waals surface area contributed by atoms with Crippen LogP contribution in [0.3, 0.4) is 0 Å². The molecule has 3 rings (SSSR count). The molecule has 0 bridgehead atoms. The number of rotatable bonds is 6. The van der Waals surface area contributed by atoms with Crippen LogP contribution < -0.4 is 9.47 Å². The Labute approximate surface area is 186 Å². The predicted octanol–water partition coefficient (Wildman–Crippen LogP) is 2.96. The first kappa shape index (κ1) is 24.0. The SMILES string of the molecule is COC(=O)Oc1ccc(OC(=O)C2CCC(OC(=O)C3CCC(C(O)O)CC3)CC2)cc1. The third-order valence-corrected chi connectivity index (χ3v) is 6.23. The van der Waals surface area contributed by atoms with E-state index < -0.39 is 12.4 Å². The van der Waals surface area contributed by atoms with E-state index in [9.17, 15) is 24.6 Å². The summed E-state index contributed by atoms with van der Waals surface area (Å²) in [4.78, 5) is 36.0. The van der Waals surface area contributed by atoms with Crippen LogP contribution in [-0.4, -0.2) is 47.8 Å². The van der Waals surface area contributed by atoms with Gasteiger partial charge in [0.25, 0.3) is 0 Å². The van der Waals surface area contributed by atoms with Gasteiger partial charge in [0, 0.05) is 5.92 Å². The molecule has 2 aliphatic carbocycles. The molecule has 1 aromatic rings. The van der Waals surface area contributed by atoms with Crippen LogP contribution in [-0.2, 0) is 19.1 Å². The first-order chi connectivity index (χ1) is 15.4. The van der Waals surface area contributed by atoms with Crippen molar-refractivity contribution in [1.82, 2.24) is 0 Å². The fourth-order valence-corrected chi connectivity index (χ4v) is 4.24. The maximum absolute atomic E-state index is 12.5. The van der Waals surface area contributed by atoms with Crippen LogP contribution in [0.5, 0.6) is 11.5 Å². The van der Waals surface area contributed by atoms with E-state index in [2.05, 4.69) is 4.74 Å². The van der Waals surface area contributed by atoms with Crippen LogP contribution in [0, 0.1) is 17.8 Å². The second-order valence-corrected chi connectivity index (χ2v) is 8.38. The Morgan fingerprint density at radius 3 is 1.81 bits per heavy atom. The highest BCUT2D eigenvalue weighted by atomic mass is 16.7. The molecular formula is C23H30O9. The van der Waals surface area contributed by atoms with Crippen LogP contribution >= 0.6 is 0 Å². The van der Waals surface area contributed by atoms with Gasteiger partial charge in [-0.3, -0.25) is 9.59 Å². The van der Waals surface area contributed by atoms with Gasteiger partial charge in [0.2, 0.25) is 0 Å². The lowest BCUT2D eigenvalue weighted by Gasteiger charge is -2.31. The fourth-order valence-electron chi connectivity index (χ4n) is 4.24. The van der Waals surface area contributed by atoms with Gasteiger partial charge in [-0.15, -0.1) is 0 Å². The highest BCUT2D eigenvalue weighted by Crippen LogP contribution is 2.33. The van der Waals surface area contributed by atoms with Gasteiger partial charge in [-0.25, -0.2) is 4.79 Å². The van der Waals surface area contributed by atoms with Crippen LogP contribution in [0.4, 0.5) is 4.79 Å². The van der Waals surface area contributed by atoms with Crippen molar-refractivity contribution >= 4 is 18.1 Å². The molecule has 0 unspecified atom stereocenters. The Kier molecular flexibility index (Phi) is 8.46. The summed E-state index contributed by atoms with van der Waals surface area (Å²) in [6.45, 7) is 0. The summed E-state index contributed by atoms with van der Waals surface area (Å²) in [5, 5.41) is 18.5. The van der Waals surface area contributed by atoms with Crippen molar-refractivity contribution in [3.63, 3.8) is 0 Å². The number of esters is 2. The van der Waals surface area contributed by atoms with Gasteiger partial charge in [-0.1, -0.05) is 0 Å². The molecule has 2 fully saturated rings. The lowest BCUT2D eigenvalue weighted by Crippen LogP contribution is -2.33. The maximum atomic E-state index is 12.5. The minimum absolute atomic E-state index is 0.169. The second kappa shape index (κ2) is 11.3. The summed E-state index contributed by atoms with van der Waals surface area (Å²) >= 11 is 0. The molecule has 0 amide bonds. The molecule has 0 heterocycles. The van der Waals surface area contributed by atoms with Gasteiger partial charge < -0.3 is 29.2 Å². The molecule has 1 aromatic carbocycles. The van der Waals surface area contributed by atoms with Crippen LogP contribution in [0.1, 0.15) is 51.4 Å². The van der Waals surface area contributed by atoms with E-state index in [1.54, 1.807) is 0 Å². The van der Waals surface area contributed by atoms with Gasteiger partial charge in [-0.2, -0.15) is 0 Å². The zero-order valence-corrected chi connectivity index (χ0v) is 18.1. The predicted molar refractivity (Wildman–Crippen MR) is 111 cm³/mol. The molecule has 9 nitrogen and oxygen atoms in total. The average molecular weight is 450 g/mol. The van der Waals surface area contributed by atoms with E-state index in [0.29, 0.717) is 57.1 Å². The van der Waals surface area contributed by atoms with Crippen molar-refractivity contribution in [3.8, 4) is 11.5 Å². The number of aliphatic hydroxyl groups excluding tert-OH is 1. The van der Waals surface area contributed by atoms with Crippen LogP contribution in [0.25, 0.3) is 0 Å². The molecule has 0 aromatic heterocycles. The van der Waals surface area contributed by atoms with Gasteiger partial charge >= 0.3 is 18.1 Å². The number of aliphatic hydroxyl groups is 2. The largest absolute Gasteiger partial charge is 0.513 e. The smallest absolute Gasteiger partial charge is 0.462 e. The van der Waals surface area contributed by atoms with E-state index in [-0.39, 0.29) is 41.5 Å². The number of methoxy groups -OCH3 is 1. The molecule has 2 N–H and O–H groups in total. The summed E-state index contributed by atoms with van der Waals surface area (Å²) in [7, 11) is 1.21. The molecule has 176 valence electrons. The number of carbonyl (C=O) groups excluding carboxylic acids is 3. The van der Waals surface area contributed by atoms with Crippen LogP contribution in [0.2, 0.25) is 0 Å². The Hall–Kier alpha value is -2.65. The first-order valence-electron chi connectivity index (χ1n) is 11.0. The zero-order valence-electron chi connectivity index (χ0n) is 18.1. The highest BCUT2D eigenvalue weighted by molar-refractivity contribution is 5.75. The summed E-state index contributed by atoms with van der Waals surface area (Å²) in [5.74, 6) is -0.564. The van der Waals surface area contributed by atoms with Crippen molar-refractivity contribution < 1.29 is 43.5 Å². The summed E-state index contributed by atoms with van der Waals surface area (Å²) < 4.78 is 20.4. The quantitative estimate of drug-likeness (QED) is 0.291. The van der Waals surface area contributed by atoms with Crippen molar-refractivity contribution in [1.29, 1.82) is 0 Å². The van der Waals surface area contributed by atoms with E-state index in [1.807, 2.05) is 0 Å². The molecule has 2 aliphatic rings. The van der Waals surface area contributed by atoms with E-state index in [1.165, 1.54) is 31.4 Å². The number of hydrogen-bond acceptors (Lipinski definition) is 9. The molecule has 0 saturated heterocycles. The molecule has 2 saturated carbocycles. The number of hydrogen-bond donors (Lipinski definition) is 2. The molecule has 32 heavy (non-hydrogen) atoms. The monoisotopic (exact) mass is 450 g/mol. The first-order valence-corrected chi connectivity index (χ1v) is 11.0. The van der Waals surface area contributed by atoms with Gasteiger partial charge in [0.1, 0.15) is 17.6 Å². The molecule has 0 atom stereocenters. The van der Waals surface area contributed by atoms with E-state index >= 15 is 0 Å². The standard InChI is InChI=1S/C23H30O9/c1-29-23(28)32-19-12-10-18(11-13-19)31-22(27)16-6-8-17(9-7-16)30-21(26)15-4-2-14(3-5-15)20(24)25/h10-17,20,24-25H,2-9H2,1H3. The Morgan fingerprint density at radius 2 is 1.28 bits per heavy atom. The number of ether oxygens (including phenoxy) is 4. The van der Waals surface area contributed by atoms with Crippen LogP contribution in [0.15, 0.2) is 24.3 Å². The molecule has 9 heteroatoms. The number of carbonyl (C=O) groups is 3. The molecule has 0 aliphatic heterocycles. The number of benzene rings is 1. The summed E-state index contributed by atoms with van der Waals surface area (Å²) in [5.41, 5.74) is 0. The molecule has 0 radical (unpaired) electrons. The highest BCUT2D eigenvalue weighted by Gasteiger charge is 2.34. The third kappa shape index (κ3) is 6.67. The fraction of sp³-hybridized carbons (Fsp3) is 0.609. The Balaban J connectivity index is 1.39. The zero-order chi connectivity index (χ0) is 23.1.